The van der Waals surface area contributed by atoms with E-state index >= 15 is 0 Å². The average molecular weight is 301 g/mol. The molecule has 2 rings (SSSR count). The quantitative estimate of drug-likeness (QED) is 0.822. The summed E-state index contributed by atoms with van der Waals surface area (Å²) < 4.78 is 0. The van der Waals surface area contributed by atoms with Crippen LogP contribution in [0.2, 0.25) is 10.0 Å². The van der Waals surface area contributed by atoms with Crippen molar-refractivity contribution in [3.63, 3.8) is 0 Å². The second-order valence-corrected chi connectivity index (χ2v) is 6.98. The minimum Gasteiger partial charge on any atom is -0.390 e. The first-order chi connectivity index (χ1) is 8.91. The highest BCUT2D eigenvalue weighted by Crippen LogP contribution is 2.39. The molecule has 0 bridgehead atoms. The number of hydrogen-bond acceptors (Lipinski definition) is 1. The fraction of sp³-hybridized carbons (Fsp3) is 0.625. The lowest BCUT2D eigenvalue weighted by atomic mass is 9.72. The van der Waals surface area contributed by atoms with Gasteiger partial charge in [-0.25, -0.2) is 0 Å². The Balaban J connectivity index is 2.05. The summed E-state index contributed by atoms with van der Waals surface area (Å²) in [5.41, 5.74) is 0.347. The van der Waals surface area contributed by atoms with E-state index in [1.165, 1.54) is 0 Å². The highest BCUT2D eigenvalue weighted by molar-refractivity contribution is 6.42. The highest BCUT2D eigenvalue weighted by atomic mass is 35.5. The molecule has 1 aliphatic carbocycles. The summed E-state index contributed by atoms with van der Waals surface area (Å²) in [5.74, 6) is 1.45. The second-order valence-electron chi connectivity index (χ2n) is 6.20. The molecular weight excluding hydrogens is 279 g/mol. The van der Waals surface area contributed by atoms with Gasteiger partial charge in [-0.15, -0.1) is 0 Å². The van der Waals surface area contributed by atoms with Crippen LogP contribution in [0, 0.1) is 11.8 Å². The standard InChI is InChI=1S/C16H22Cl2O/c1-11(2)12-6-8-16(19,9-7-12)10-13-4-3-5-14(17)15(13)18/h3-5,11-12,19H,6-10H2,1-2H3. The van der Waals surface area contributed by atoms with Crippen molar-refractivity contribution in [1.29, 1.82) is 0 Å². The average Bonchev–Trinajstić information content (AvgIpc) is 2.35. The maximum atomic E-state index is 10.7. The minimum absolute atomic E-state index is 0.568. The number of benzene rings is 1. The Bertz CT molecular complexity index is 434. The lowest BCUT2D eigenvalue weighted by Crippen LogP contribution is -2.37. The lowest BCUT2D eigenvalue weighted by molar-refractivity contribution is -0.0146. The van der Waals surface area contributed by atoms with Crippen molar-refractivity contribution in [1.82, 2.24) is 0 Å². The molecule has 1 fully saturated rings. The van der Waals surface area contributed by atoms with Crippen molar-refractivity contribution in [2.45, 2.75) is 51.6 Å². The van der Waals surface area contributed by atoms with Crippen molar-refractivity contribution in [2.24, 2.45) is 11.8 Å². The molecule has 0 amide bonds. The molecule has 0 aromatic heterocycles. The van der Waals surface area contributed by atoms with Crippen LogP contribution >= 0.6 is 23.2 Å². The molecule has 0 atom stereocenters. The third kappa shape index (κ3) is 3.65. The molecule has 0 unspecified atom stereocenters. The number of rotatable bonds is 3. The number of aliphatic hydroxyl groups is 1. The van der Waals surface area contributed by atoms with Gasteiger partial charge in [-0.2, -0.15) is 0 Å². The fourth-order valence-electron chi connectivity index (χ4n) is 3.06. The molecule has 3 heteroatoms. The van der Waals surface area contributed by atoms with Crippen LogP contribution < -0.4 is 0 Å². The van der Waals surface area contributed by atoms with Gasteiger partial charge in [-0.05, 0) is 49.1 Å². The zero-order valence-corrected chi connectivity index (χ0v) is 13.1. The van der Waals surface area contributed by atoms with Crippen LogP contribution in [0.5, 0.6) is 0 Å². The van der Waals surface area contributed by atoms with E-state index in [0.29, 0.717) is 22.4 Å². The Morgan fingerprint density at radius 1 is 1.26 bits per heavy atom. The topological polar surface area (TPSA) is 20.2 Å². The maximum Gasteiger partial charge on any atom is 0.0688 e. The first-order valence-corrected chi connectivity index (χ1v) is 7.82. The van der Waals surface area contributed by atoms with E-state index in [1.807, 2.05) is 12.1 Å². The molecule has 1 nitrogen and oxygen atoms in total. The largest absolute Gasteiger partial charge is 0.390 e. The molecule has 1 aromatic rings. The SMILES string of the molecule is CC(C)C1CCC(O)(Cc2cccc(Cl)c2Cl)CC1. The Morgan fingerprint density at radius 3 is 2.47 bits per heavy atom. The smallest absolute Gasteiger partial charge is 0.0688 e. The van der Waals surface area contributed by atoms with Crippen molar-refractivity contribution >= 4 is 23.2 Å². The van der Waals surface area contributed by atoms with Crippen LogP contribution in [0.15, 0.2) is 18.2 Å². The van der Waals surface area contributed by atoms with E-state index in [9.17, 15) is 5.11 Å². The van der Waals surface area contributed by atoms with Gasteiger partial charge < -0.3 is 5.11 Å². The molecule has 0 spiro atoms. The molecule has 1 N–H and O–H groups in total. The van der Waals surface area contributed by atoms with Gasteiger partial charge in [0.2, 0.25) is 0 Å². The molecule has 0 heterocycles. The normalized spacial score (nSPS) is 27.8. The van der Waals surface area contributed by atoms with Crippen LogP contribution in [-0.2, 0) is 6.42 Å². The number of halogens is 2. The van der Waals surface area contributed by atoms with Crippen molar-refractivity contribution in [2.75, 3.05) is 0 Å². The van der Waals surface area contributed by atoms with E-state index in [-0.39, 0.29) is 0 Å². The van der Waals surface area contributed by atoms with Crippen LogP contribution in [-0.4, -0.2) is 10.7 Å². The van der Waals surface area contributed by atoms with Gasteiger partial charge in [-0.3, -0.25) is 0 Å². The summed E-state index contributed by atoms with van der Waals surface area (Å²) in [6.45, 7) is 4.53. The van der Waals surface area contributed by atoms with Gasteiger partial charge in [0.25, 0.3) is 0 Å². The third-order valence-electron chi connectivity index (χ3n) is 4.45. The number of hydrogen-bond donors (Lipinski definition) is 1. The highest BCUT2D eigenvalue weighted by Gasteiger charge is 2.34. The van der Waals surface area contributed by atoms with Gasteiger partial charge in [-0.1, -0.05) is 49.2 Å². The molecule has 1 aromatic carbocycles. The summed E-state index contributed by atoms with van der Waals surface area (Å²) in [7, 11) is 0. The van der Waals surface area contributed by atoms with Gasteiger partial charge in [0.15, 0.2) is 0 Å². The van der Waals surface area contributed by atoms with E-state index in [4.69, 9.17) is 23.2 Å². The van der Waals surface area contributed by atoms with Gasteiger partial charge >= 0.3 is 0 Å². The first-order valence-electron chi connectivity index (χ1n) is 7.06. The van der Waals surface area contributed by atoms with E-state index in [2.05, 4.69) is 13.8 Å². The molecule has 19 heavy (non-hydrogen) atoms. The predicted octanol–water partition coefficient (Wildman–Crippen LogP) is 5.11. The molecule has 106 valence electrons. The zero-order chi connectivity index (χ0) is 14.0. The van der Waals surface area contributed by atoms with Crippen molar-refractivity contribution in [3.05, 3.63) is 33.8 Å². The van der Waals surface area contributed by atoms with E-state index in [0.717, 1.165) is 37.2 Å². The molecule has 0 aliphatic heterocycles. The van der Waals surface area contributed by atoms with E-state index < -0.39 is 5.60 Å². The molecular formula is C16H22Cl2O. The summed E-state index contributed by atoms with van der Waals surface area (Å²) in [6.07, 6.45) is 4.54. The third-order valence-corrected chi connectivity index (χ3v) is 5.31. The molecule has 0 saturated heterocycles. The van der Waals surface area contributed by atoms with Gasteiger partial charge in [0.05, 0.1) is 15.6 Å². The zero-order valence-electron chi connectivity index (χ0n) is 11.6. The predicted molar refractivity (Wildman–Crippen MR) is 81.9 cm³/mol. The Kier molecular flexibility index (Phi) is 4.81. The lowest BCUT2D eigenvalue weighted by Gasteiger charge is -2.37. The van der Waals surface area contributed by atoms with Crippen molar-refractivity contribution < 1.29 is 5.11 Å². The summed E-state index contributed by atoms with van der Waals surface area (Å²) >= 11 is 12.2. The molecule has 1 aliphatic rings. The Morgan fingerprint density at radius 2 is 1.89 bits per heavy atom. The molecule has 1 saturated carbocycles. The van der Waals surface area contributed by atoms with Crippen LogP contribution in [0.3, 0.4) is 0 Å². The summed E-state index contributed by atoms with van der Waals surface area (Å²) in [6, 6.07) is 5.64. The molecule has 0 radical (unpaired) electrons. The second kappa shape index (κ2) is 6.03. The Hall–Kier alpha value is -0.240. The minimum atomic E-state index is -0.611. The van der Waals surface area contributed by atoms with Crippen LogP contribution in [0.1, 0.15) is 45.1 Å². The van der Waals surface area contributed by atoms with Crippen LogP contribution in [0.25, 0.3) is 0 Å². The van der Waals surface area contributed by atoms with Gasteiger partial charge in [0, 0.05) is 6.42 Å². The fourth-order valence-corrected chi connectivity index (χ4v) is 3.45. The first kappa shape index (κ1) is 15.2. The summed E-state index contributed by atoms with van der Waals surface area (Å²) in [4.78, 5) is 0. The Labute approximate surface area is 125 Å². The summed E-state index contributed by atoms with van der Waals surface area (Å²) in [5, 5.41) is 11.9. The van der Waals surface area contributed by atoms with Crippen molar-refractivity contribution in [3.8, 4) is 0 Å². The monoisotopic (exact) mass is 300 g/mol. The maximum absolute atomic E-state index is 10.7. The van der Waals surface area contributed by atoms with E-state index in [1.54, 1.807) is 6.07 Å². The van der Waals surface area contributed by atoms with Crippen LogP contribution in [0.4, 0.5) is 0 Å². The van der Waals surface area contributed by atoms with Gasteiger partial charge in [0.1, 0.15) is 0 Å².